The third-order valence-corrected chi connectivity index (χ3v) is 3.09. The molecule has 0 saturated heterocycles. The van der Waals surface area contributed by atoms with E-state index in [-0.39, 0.29) is 0 Å². The first kappa shape index (κ1) is 11.0. The maximum absolute atomic E-state index is 5.89. The Balaban J connectivity index is 2.36. The van der Waals surface area contributed by atoms with Crippen LogP contribution in [0.25, 0.3) is 0 Å². The zero-order valence-electron chi connectivity index (χ0n) is 10.0. The van der Waals surface area contributed by atoms with Gasteiger partial charge in [-0.25, -0.2) is 0 Å². The van der Waals surface area contributed by atoms with Gasteiger partial charge in [-0.05, 0) is 42.1 Å². The molecule has 16 heavy (non-hydrogen) atoms. The molecule has 2 aliphatic carbocycles. The third kappa shape index (κ3) is 2.35. The molecule has 0 aromatic rings. The van der Waals surface area contributed by atoms with Crippen molar-refractivity contribution in [3.63, 3.8) is 0 Å². The highest BCUT2D eigenvalue weighted by atomic mass is 14.6. The molecule has 0 aromatic heterocycles. The molecule has 84 valence electrons. The van der Waals surface area contributed by atoms with Gasteiger partial charge in [-0.1, -0.05) is 37.3 Å². The fourth-order valence-electron chi connectivity index (χ4n) is 2.26. The van der Waals surface area contributed by atoms with Gasteiger partial charge in [0, 0.05) is 12.1 Å². The van der Waals surface area contributed by atoms with E-state index in [0.717, 1.165) is 18.5 Å². The van der Waals surface area contributed by atoms with Crippen molar-refractivity contribution < 1.29 is 0 Å². The van der Waals surface area contributed by atoms with Crippen LogP contribution < -0.4 is 5.73 Å². The largest absolute Gasteiger partial charge is 0.402 e. The van der Waals surface area contributed by atoms with Crippen LogP contribution in [0, 0.1) is 5.92 Å². The maximum atomic E-state index is 5.89. The summed E-state index contributed by atoms with van der Waals surface area (Å²) in [6.07, 6.45) is 15.1. The first-order valence-electron chi connectivity index (χ1n) is 5.88. The first-order valence-corrected chi connectivity index (χ1v) is 5.88. The van der Waals surface area contributed by atoms with Gasteiger partial charge < -0.3 is 5.73 Å². The molecule has 1 atom stereocenters. The van der Waals surface area contributed by atoms with E-state index in [1.165, 1.54) is 16.7 Å². The monoisotopic (exact) mass is 213 g/mol. The Morgan fingerprint density at radius 1 is 1.38 bits per heavy atom. The van der Waals surface area contributed by atoms with Crippen LogP contribution >= 0.6 is 0 Å². The fraction of sp³-hybridized carbons (Fsp3) is 0.333. The van der Waals surface area contributed by atoms with Crippen LogP contribution in [0.1, 0.15) is 26.7 Å². The molecule has 2 N–H and O–H groups in total. The van der Waals surface area contributed by atoms with E-state index in [1.807, 2.05) is 0 Å². The topological polar surface area (TPSA) is 26.0 Å². The second kappa shape index (κ2) is 4.56. The smallest absolute Gasteiger partial charge is 0.0122 e. The first-order chi connectivity index (χ1) is 7.66. The molecular formula is C15H19N. The summed E-state index contributed by atoms with van der Waals surface area (Å²) in [5, 5.41) is 0. The molecule has 0 heterocycles. The molecule has 0 aromatic carbocycles. The summed E-state index contributed by atoms with van der Waals surface area (Å²) in [7, 11) is 0. The minimum Gasteiger partial charge on any atom is -0.402 e. The molecule has 0 aliphatic heterocycles. The van der Waals surface area contributed by atoms with E-state index in [0.29, 0.717) is 5.92 Å². The lowest BCUT2D eigenvalue weighted by Crippen LogP contribution is -2.00. The van der Waals surface area contributed by atoms with Gasteiger partial charge in [0.15, 0.2) is 0 Å². The number of allylic oxidation sites excluding steroid dienone is 9. The normalized spacial score (nSPS) is 25.2. The average molecular weight is 213 g/mol. The Kier molecular flexibility index (Phi) is 3.14. The van der Waals surface area contributed by atoms with Gasteiger partial charge in [-0.2, -0.15) is 0 Å². The molecule has 0 radical (unpaired) electrons. The molecule has 2 rings (SSSR count). The molecule has 0 fully saturated rings. The second-order valence-corrected chi connectivity index (χ2v) is 4.68. The Bertz CT molecular complexity index is 430. The van der Waals surface area contributed by atoms with E-state index < -0.39 is 0 Å². The summed E-state index contributed by atoms with van der Waals surface area (Å²) in [6, 6.07) is 0. The molecule has 2 aliphatic rings. The van der Waals surface area contributed by atoms with Crippen LogP contribution in [0.3, 0.4) is 0 Å². The fourth-order valence-corrected chi connectivity index (χ4v) is 2.26. The van der Waals surface area contributed by atoms with Gasteiger partial charge >= 0.3 is 0 Å². The Morgan fingerprint density at radius 2 is 2.19 bits per heavy atom. The second-order valence-electron chi connectivity index (χ2n) is 4.68. The van der Waals surface area contributed by atoms with Crippen molar-refractivity contribution in [3.05, 3.63) is 58.9 Å². The highest BCUT2D eigenvalue weighted by molar-refractivity contribution is 5.50. The standard InChI is InChI=1S/C15H19N/c1-11-5-3-6-13(9-11)15-8-4-7-14(16)10-12(15)2/h3-6,8,10-11H,7,9,16H2,1-2H3/t11-/m0/s1. The van der Waals surface area contributed by atoms with Crippen molar-refractivity contribution in [1.29, 1.82) is 0 Å². The summed E-state index contributed by atoms with van der Waals surface area (Å²) < 4.78 is 0. The molecule has 1 nitrogen and oxygen atoms in total. The van der Waals surface area contributed by atoms with Gasteiger partial charge in [0.2, 0.25) is 0 Å². The van der Waals surface area contributed by atoms with Gasteiger partial charge in [0.05, 0.1) is 0 Å². The van der Waals surface area contributed by atoms with E-state index in [4.69, 9.17) is 5.73 Å². The third-order valence-electron chi connectivity index (χ3n) is 3.09. The lowest BCUT2D eigenvalue weighted by Gasteiger charge is -2.16. The zero-order chi connectivity index (χ0) is 11.5. The van der Waals surface area contributed by atoms with Crippen molar-refractivity contribution in [3.8, 4) is 0 Å². The SMILES string of the molecule is CC1=C(C2=CC=C[C@H](C)C2)C=CCC(N)=C1. The minimum absolute atomic E-state index is 0.637. The van der Waals surface area contributed by atoms with Crippen LogP contribution in [0.4, 0.5) is 0 Å². The van der Waals surface area contributed by atoms with Crippen LogP contribution in [0.5, 0.6) is 0 Å². The summed E-state index contributed by atoms with van der Waals surface area (Å²) in [6.45, 7) is 4.39. The number of nitrogens with two attached hydrogens (primary N) is 1. The van der Waals surface area contributed by atoms with Crippen LogP contribution in [-0.2, 0) is 0 Å². The van der Waals surface area contributed by atoms with Gasteiger partial charge in [0.1, 0.15) is 0 Å². The van der Waals surface area contributed by atoms with E-state index >= 15 is 0 Å². The Labute approximate surface area is 97.7 Å². The van der Waals surface area contributed by atoms with E-state index in [2.05, 4.69) is 50.3 Å². The lowest BCUT2D eigenvalue weighted by atomic mass is 9.89. The number of hydrogen-bond acceptors (Lipinski definition) is 1. The molecule has 0 unspecified atom stereocenters. The highest BCUT2D eigenvalue weighted by Crippen LogP contribution is 2.29. The van der Waals surface area contributed by atoms with Crippen LogP contribution in [-0.4, -0.2) is 0 Å². The summed E-state index contributed by atoms with van der Waals surface area (Å²) >= 11 is 0. The predicted octanol–water partition coefficient (Wildman–Crippen LogP) is 3.63. The van der Waals surface area contributed by atoms with Crippen LogP contribution in [0.2, 0.25) is 0 Å². The van der Waals surface area contributed by atoms with E-state index in [9.17, 15) is 0 Å². The summed E-state index contributed by atoms with van der Waals surface area (Å²) in [4.78, 5) is 0. The maximum Gasteiger partial charge on any atom is 0.0122 e. The molecule has 0 bridgehead atoms. The highest BCUT2D eigenvalue weighted by Gasteiger charge is 2.12. The van der Waals surface area contributed by atoms with Crippen molar-refractivity contribution >= 4 is 0 Å². The quantitative estimate of drug-likeness (QED) is 0.707. The lowest BCUT2D eigenvalue weighted by molar-refractivity contribution is 0.713. The average Bonchev–Trinajstić information content (AvgIpc) is 2.39. The zero-order valence-corrected chi connectivity index (χ0v) is 10.0. The molecule has 0 spiro atoms. The predicted molar refractivity (Wildman–Crippen MR) is 69.7 cm³/mol. The Hall–Kier alpha value is -1.50. The van der Waals surface area contributed by atoms with Gasteiger partial charge in [0.25, 0.3) is 0 Å². The minimum atomic E-state index is 0.637. The number of rotatable bonds is 1. The van der Waals surface area contributed by atoms with Crippen molar-refractivity contribution in [2.45, 2.75) is 26.7 Å². The molecule has 0 amide bonds. The van der Waals surface area contributed by atoms with Crippen molar-refractivity contribution in [2.24, 2.45) is 11.7 Å². The number of hydrogen-bond donors (Lipinski definition) is 1. The van der Waals surface area contributed by atoms with Crippen LogP contribution in [0.15, 0.2) is 58.9 Å². The Morgan fingerprint density at radius 3 is 2.94 bits per heavy atom. The van der Waals surface area contributed by atoms with Crippen molar-refractivity contribution in [2.75, 3.05) is 0 Å². The summed E-state index contributed by atoms with van der Waals surface area (Å²) in [5.41, 5.74) is 10.9. The van der Waals surface area contributed by atoms with E-state index in [1.54, 1.807) is 0 Å². The molecular weight excluding hydrogens is 194 g/mol. The van der Waals surface area contributed by atoms with Crippen molar-refractivity contribution in [1.82, 2.24) is 0 Å². The summed E-state index contributed by atoms with van der Waals surface area (Å²) in [5.74, 6) is 0.637. The van der Waals surface area contributed by atoms with Gasteiger partial charge in [-0.15, -0.1) is 0 Å². The molecule has 0 saturated carbocycles. The molecule has 1 heteroatoms. The van der Waals surface area contributed by atoms with Gasteiger partial charge in [-0.3, -0.25) is 0 Å².